The zero-order valence-electron chi connectivity index (χ0n) is 28.7. The van der Waals surface area contributed by atoms with E-state index >= 15 is 0 Å². The largest absolute Gasteiger partial charge is 0.309 e. The van der Waals surface area contributed by atoms with Gasteiger partial charge in [0.1, 0.15) is 12.1 Å². The van der Waals surface area contributed by atoms with Gasteiger partial charge < -0.3 is 9.13 Å². The minimum Gasteiger partial charge on any atom is -0.309 e. The number of aromatic nitrogens is 4. The Bertz CT molecular complexity index is 3190. The Labute approximate surface area is 309 Å². The quantitative estimate of drug-likeness (QED) is 0.181. The van der Waals surface area contributed by atoms with Crippen molar-refractivity contribution in [3.63, 3.8) is 0 Å². The predicted octanol–water partition coefficient (Wildman–Crippen LogP) is 10.6. The van der Waals surface area contributed by atoms with Crippen molar-refractivity contribution < 1.29 is 0 Å². The van der Waals surface area contributed by atoms with Crippen LogP contribution in [0.4, 0.5) is 0 Å². The van der Waals surface area contributed by atoms with Crippen LogP contribution in [-0.4, -0.2) is 19.1 Å². The van der Waals surface area contributed by atoms with Gasteiger partial charge >= 0.3 is 0 Å². The average molecular weight is 687 g/mol. The van der Waals surface area contributed by atoms with Crippen LogP contribution in [0.3, 0.4) is 0 Å². The number of fused-ring (bicyclic) bond motifs is 7. The molecule has 0 unspecified atom stereocenters. The molecule has 2 bridgehead atoms. The molecule has 6 heteroatoms. The van der Waals surface area contributed by atoms with Crippen molar-refractivity contribution in [1.29, 1.82) is 10.5 Å². The molecule has 3 aliphatic rings. The molecule has 6 nitrogen and oxygen atoms in total. The first kappa shape index (κ1) is 29.1. The summed E-state index contributed by atoms with van der Waals surface area (Å²) in [4.78, 5) is 10.7. The van der Waals surface area contributed by atoms with Gasteiger partial charge in [0.15, 0.2) is 0 Å². The molecule has 0 radical (unpaired) electrons. The smallest absolute Gasteiger partial charge is 0.101 e. The summed E-state index contributed by atoms with van der Waals surface area (Å²) in [5.41, 5.74) is 15.4. The fraction of sp³-hybridized carbons (Fsp3) is 0.0417. The fourth-order valence-electron chi connectivity index (χ4n) is 9.47. The summed E-state index contributed by atoms with van der Waals surface area (Å²) >= 11 is 0. The number of benzene rings is 7. The molecule has 0 aliphatic heterocycles. The van der Waals surface area contributed by atoms with Crippen molar-refractivity contribution in [2.75, 3.05) is 0 Å². The van der Waals surface area contributed by atoms with Crippen molar-refractivity contribution in [2.24, 2.45) is 0 Å². The van der Waals surface area contributed by atoms with Gasteiger partial charge in [-0.2, -0.15) is 10.5 Å². The Kier molecular flexibility index (Phi) is 5.66. The molecule has 3 aromatic heterocycles. The van der Waals surface area contributed by atoms with Crippen LogP contribution in [0.25, 0.3) is 66.0 Å². The molecule has 248 valence electrons. The van der Waals surface area contributed by atoms with Gasteiger partial charge in [0.05, 0.1) is 67.5 Å². The Morgan fingerprint density at radius 2 is 0.796 bits per heavy atom. The highest BCUT2D eigenvalue weighted by Crippen LogP contribution is 2.57. The van der Waals surface area contributed by atoms with E-state index in [1.165, 1.54) is 43.8 Å². The van der Waals surface area contributed by atoms with E-state index in [9.17, 15) is 10.5 Å². The molecule has 3 heterocycles. The van der Waals surface area contributed by atoms with Crippen LogP contribution in [-0.2, 0) is 0 Å². The van der Waals surface area contributed by atoms with E-state index in [1.807, 2.05) is 0 Å². The van der Waals surface area contributed by atoms with Gasteiger partial charge in [-0.25, -0.2) is 9.97 Å². The zero-order chi connectivity index (χ0) is 35.7. The molecular formula is C48H26N6. The van der Waals surface area contributed by atoms with Crippen molar-refractivity contribution in [3.8, 4) is 23.5 Å². The van der Waals surface area contributed by atoms with Crippen molar-refractivity contribution in [3.05, 3.63) is 190 Å². The van der Waals surface area contributed by atoms with Gasteiger partial charge in [0.25, 0.3) is 0 Å². The number of nitrogens with zero attached hydrogens (tertiary/aromatic N) is 6. The van der Waals surface area contributed by atoms with Crippen LogP contribution in [0.2, 0.25) is 0 Å². The lowest BCUT2D eigenvalue weighted by Crippen LogP contribution is -2.30. The Hall–Kier alpha value is -7.54. The maximum atomic E-state index is 9.92. The van der Waals surface area contributed by atoms with Gasteiger partial charge in [-0.15, -0.1) is 0 Å². The lowest BCUT2D eigenvalue weighted by atomic mass is 9.63. The molecule has 0 fully saturated rings. The monoisotopic (exact) mass is 686 g/mol. The summed E-state index contributed by atoms with van der Waals surface area (Å²) in [6.07, 6.45) is 0. The normalized spacial score (nSPS) is 15.4. The molecule has 0 atom stereocenters. The fourth-order valence-corrected chi connectivity index (χ4v) is 9.47. The predicted molar refractivity (Wildman–Crippen MR) is 212 cm³/mol. The number of rotatable bonds is 2. The topological polar surface area (TPSA) is 83.2 Å². The molecule has 10 aromatic rings. The van der Waals surface area contributed by atoms with Crippen LogP contribution >= 0.6 is 0 Å². The SMILES string of the molecule is N#Cc1cc2nc3c(nc2cc1C#N)C1c2cc4c(cc2C3c2cc3c5ccccc5n(-c5ccccc5)c3cc21)c1ccccc1n4-c1ccccc1. The summed E-state index contributed by atoms with van der Waals surface area (Å²) in [7, 11) is 0. The number of hydrogen-bond donors (Lipinski definition) is 0. The standard InChI is InChI=1S/C48H26N6/c49-25-27-19-39-40(20-28(27)26-50)52-48-46-37-23-43-33(31-15-7-9-17-41(31)53(43)29-11-3-1-4-12-29)21-35(37)45(47(48)51-39)36-22-34-32-16-8-10-18-42(32)54(44(34)24-38(36)46)30-13-5-2-6-14-30/h1-24,45-46H. The highest BCUT2D eigenvalue weighted by molar-refractivity contribution is 6.12. The summed E-state index contributed by atoms with van der Waals surface area (Å²) in [5.74, 6) is -0.383. The Balaban J connectivity index is 1.21. The second kappa shape index (κ2) is 10.5. The van der Waals surface area contributed by atoms with E-state index in [1.54, 1.807) is 12.1 Å². The van der Waals surface area contributed by atoms with Gasteiger partial charge in [-0.1, -0.05) is 72.8 Å². The van der Waals surface area contributed by atoms with Crippen LogP contribution in [0.5, 0.6) is 0 Å². The van der Waals surface area contributed by atoms with E-state index in [4.69, 9.17) is 9.97 Å². The van der Waals surface area contributed by atoms with Crippen LogP contribution in [0.15, 0.2) is 146 Å². The molecule has 0 saturated heterocycles. The van der Waals surface area contributed by atoms with E-state index < -0.39 is 0 Å². The zero-order valence-corrected chi connectivity index (χ0v) is 28.7. The molecule has 0 spiro atoms. The maximum absolute atomic E-state index is 9.92. The summed E-state index contributed by atoms with van der Waals surface area (Å²) < 4.78 is 4.75. The summed E-state index contributed by atoms with van der Waals surface area (Å²) in [5, 5.41) is 24.6. The third-order valence-electron chi connectivity index (χ3n) is 11.7. The number of para-hydroxylation sites is 4. The van der Waals surface area contributed by atoms with Crippen LogP contribution in [0, 0.1) is 22.7 Å². The van der Waals surface area contributed by atoms with Crippen LogP contribution < -0.4 is 0 Å². The summed E-state index contributed by atoms with van der Waals surface area (Å²) in [6.45, 7) is 0. The minimum atomic E-state index is -0.202. The van der Waals surface area contributed by atoms with Crippen molar-refractivity contribution >= 4 is 54.6 Å². The van der Waals surface area contributed by atoms with E-state index in [0.29, 0.717) is 22.2 Å². The van der Waals surface area contributed by atoms with E-state index in [0.717, 1.165) is 44.8 Å². The minimum absolute atomic E-state index is 0.181. The third-order valence-corrected chi connectivity index (χ3v) is 11.7. The first-order chi connectivity index (χ1) is 26.7. The molecule has 13 rings (SSSR count). The molecule has 0 saturated carbocycles. The molecular weight excluding hydrogens is 661 g/mol. The highest BCUT2D eigenvalue weighted by atomic mass is 15.0. The Morgan fingerprint density at radius 1 is 0.407 bits per heavy atom. The second-order valence-electron chi connectivity index (χ2n) is 14.3. The van der Waals surface area contributed by atoms with Crippen molar-refractivity contribution in [1.82, 2.24) is 19.1 Å². The number of nitriles is 2. The second-order valence-corrected chi connectivity index (χ2v) is 14.3. The van der Waals surface area contributed by atoms with Gasteiger partial charge in [0.2, 0.25) is 0 Å². The molecule has 54 heavy (non-hydrogen) atoms. The molecule has 0 N–H and O–H groups in total. The van der Waals surface area contributed by atoms with E-state index in [-0.39, 0.29) is 11.8 Å². The molecule has 0 amide bonds. The maximum Gasteiger partial charge on any atom is 0.101 e. The molecule has 7 aromatic carbocycles. The third kappa shape index (κ3) is 3.71. The van der Waals surface area contributed by atoms with Gasteiger partial charge in [-0.05, 0) is 95.1 Å². The van der Waals surface area contributed by atoms with Gasteiger partial charge in [-0.3, -0.25) is 0 Å². The highest BCUT2D eigenvalue weighted by Gasteiger charge is 2.45. The first-order valence-corrected chi connectivity index (χ1v) is 18.1. The number of hydrogen-bond acceptors (Lipinski definition) is 4. The van der Waals surface area contributed by atoms with Crippen LogP contribution in [0.1, 0.15) is 56.6 Å². The van der Waals surface area contributed by atoms with Crippen molar-refractivity contribution in [2.45, 2.75) is 11.8 Å². The Morgan fingerprint density at radius 3 is 1.22 bits per heavy atom. The lowest BCUT2D eigenvalue weighted by molar-refractivity contribution is 0.712. The van der Waals surface area contributed by atoms with E-state index in [2.05, 4.69) is 155 Å². The summed E-state index contributed by atoms with van der Waals surface area (Å²) in [6, 6.07) is 55.9. The average Bonchev–Trinajstić information content (AvgIpc) is 3.73. The lowest BCUT2D eigenvalue weighted by Gasteiger charge is -2.41. The first-order valence-electron chi connectivity index (χ1n) is 18.1. The molecule has 3 aliphatic carbocycles. The van der Waals surface area contributed by atoms with Gasteiger partial charge in [0, 0.05) is 32.9 Å².